The summed E-state index contributed by atoms with van der Waals surface area (Å²) in [4.78, 5) is 26.6. The molecule has 0 aromatic heterocycles. The van der Waals surface area contributed by atoms with E-state index < -0.39 is 5.97 Å². The SMILES string of the molecule is Cc1ccc(-c2c(C)c3c(c(C)c2CC(=O)O)CN(C(=O)c2ccc(F)c(C)c2)C3)cc1. The summed E-state index contributed by atoms with van der Waals surface area (Å²) in [6.45, 7) is 8.48. The van der Waals surface area contributed by atoms with E-state index in [9.17, 15) is 19.1 Å². The highest BCUT2D eigenvalue weighted by Crippen LogP contribution is 2.40. The second-order valence-corrected chi connectivity index (χ2v) is 8.62. The molecule has 0 spiro atoms. The summed E-state index contributed by atoms with van der Waals surface area (Å²) in [6, 6.07) is 12.5. The first-order valence-electron chi connectivity index (χ1n) is 10.7. The summed E-state index contributed by atoms with van der Waals surface area (Å²) in [6.07, 6.45) is -0.0751. The zero-order valence-electron chi connectivity index (χ0n) is 18.8. The molecule has 1 aliphatic heterocycles. The third-order valence-corrected chi connectivity index (χ3v) is 6.46. The second-order valence-electron chi connectivity index (χ2n) is 8.62. The smallest absolute Gasteiger partial charge is 0.307 e. The van der Waals surface area contributed by atoms with Gasteiger partial charge in [0.15, 0.2) is 0 Å². The van der Waals surface area contributed by atoms with Crippen LogP contribution in [0.2, 0.25) is 0 Å². The lowest BCUT2D eigenvalue weighted by Gasteiger charge is -2.19. The van der Waals surface area contributed by atoms with Gasteiger partial charge in [0.1, 0.15) is 5.82 Å². The van der Waals surface area contributed by atoms with E-state index in [1.54, 1.807) is 17.9 Å². The molecule has 0 unspecified atom stereocenters. The molecule has 1 aliphatic rings. The predicted molar refractivity (Wildman–Crippen MR) is 122 cm³/mol. The van der Waals surface area contributed by atoms with Crippen LogP contribution in [0.5, 0.6) is 0 Å². The van der Waals surface area contributed by atoms with E-state index in [4.69, 9.17) is 0 Å². The maximum atomic E-state index is 13.7. The lowest BCUT2D eigenvalue weighted by Crippen LogP contribution is -2.25. The van der Waals surface area contributed by atoms with E-state index >= 15 is 0 Å². The number of carboxylic acid groups (broad SMARTS) is 1. The standard InChI is InChI=1S/C27H26FNO3/c1-15-5-7-19(8-6-15)26-18(4)23-14-29(13-22(23)17(3)21(26)12-25(30)31)27(32)20-9-10-24(28)16(2)11-20/h5-11H,12-14H2,1-4H3,(H,30,31). The average molecular weight is 432 g/mol. The van der Waals surface area contributed by atoms with Crippen LogP contribution >= 0.6 is 0 Å². The highest BCUT2D eigenvalue weighted by molar-refractivity contribution is 5.95. The molecule has 3 aromatic carbocycles. The Labute approximate surface area is 187 Å². The molecule has 32 heavy (non-hydrogen) atoms. The van der Waals surface area contributed by atoms with Crippen molar-refractivity contribution < 1.29 is 19.1 Å². The Morgan fingerprint density at radius 3 is 2.16 bits per heavy atom. The Morgan fingerprint density at radius 1 is 0.938 bits per heavy atom. The first-order chi connectivity index (χ1) is 15.2. The number of carbonyl (C=O) groups excluding carboxylic acids is 1. The number of aliphatic carboxylic acids is 1. The third-order valence-electron chi connectivity index (χ3n) is 6.46. The van der Waals surface area contributed by atoms with Gasteiger partial charge in [0, 0.05) is 18.7 Å². The second kappa shape index (κ2) is 8.23. The van der Waals surface area contributed by atoms with Crippen LogP contribution in [0.3, 0.4) is 0 Å². The largest absolute Gasteiger partial charge is 0.481 e. The molecule has 4 nitrogen and oxygen atoms in total. The lowest BCUT2D eigenvalue weighted by molar-refractivity contribution is -0.136. The Kier molecular flexibility index (Phi) is 5.59. The van der Waals surface area contributed by atoms with E-state index in [1.165, 1.54) is 12.1 Å². The number of carboxylic acids is 1. The number of benzene rings is 3. The number of amides is 1. The van der Waals surface area contributed by atoms with Gasteiger partial charge < -0.3 is 10.0 Å². The lowest BCUT2D eigenvalue weighted by atomic mass is 9.84. The molecule has 164 valence electrons. The maximum Gasteiger partial charge on any atom is 0.307 e. The van der Waals surface area contributed by atoms with Crippen LogP contribution in [-0.2, 0) is 24.3 Å². The predicted octanol–water partition coefficient (Wildman–Crippen LogP) is 5.51. The maximum absolute atomic E-state index is 13.7. The molecule has 0 fully saturated rings. The Hall–Kier alpha value is -3.47. The van der Waals surface area contributed by atoms with Crippen LogP contribution in [0, 0.1) is 33.5 Å². The van der Waals surface area contributed by atoms with Crippen molar-refractivity contribution in [3.05, 3.63) is 92.8 Å². The number of aryl methyl sites for hydroxylation is 2. The van der Waals surface area contributed by atoms with Gasteiger partial charge in [-0.25, -0.2) is 4.39 Å². The van der Waals surface area contributed by atoms with Crippen LogP contribution in [0.25, 0.3) is 11.1 Å². The fourth-order valence-corrected chi connectivity index (χ4v) is 4.65. The summed E-state index contributed by atoms with van der Waals surface area (Å²) in [7, 11) is 0. The first-order valence-corrected chi connectivity index (χ1v) is 10.7. The summed E-state index contributed by atoms with van der Waals surface area (Å²) in [5, 5.41) is 9.59. The molecular weight excluding hydrogens is 405 g/mol. The minimum atomic E-state index is -0.881. The van der Waals surface area contributed by atoms with Crippen LogP contribution in [0.4, 0.5) is 4.39 Å². The van der Waals surface area contributed by atoms with Gasteiger partial charge in [0.25, 0.3) is 5.91 Å². The van der Waals surface area contributed by atoms with Crippen molar-refractivity contribution in [3.8, 4) is 11.1 Å². The van der Waals surface area contributed by atoms with Crippen LogP contribution < -0.4 is 0 Å². The van der Waals surface area contributed by atoms with Crippen LogP contribution in [-0.4, -0.2) is 21.9 Å². The van der Waals surface area contributed by atoms with Crippen molar-refractivity contribution in [2.45, 2.75) is 47.2 Å². The van der Waals surface area contributed by atoms with Crippen molar-refractivity contribution in [1.82, 2.24) is 4.90 Å². The van der Waals surface area contributed by atoms with Gasteiger partial charge >= 0.3 is 5.97 Å². The highest BCUT2D eigenvalue weighted by Gasteiger charge is 2.31. The Balaban J connectivity index is 1.80. The van der Waals surface area contributed by atoms with Crippen molar-refractivity contribution in [2.24, 2.45) is 0 Å². The molecule has 0 aliphatic carbocycles. The molecule has 0 bridgehead atoms. The number of hydrogen-bond acceptors (Lipinski definition) is 2. The number of fused-ring (bicyclic) bond motifs is 1. The molecule has 1 heterocycles. The molecule has 0 radical (unpaired) electrons. The Bertz CT molecular complexity index is 1240. The molecule has 1 amide bonds. The highest BCUT2D eigenvalue weighted by atomic mass is 19.1. The number of hydrogen-bond donors (Lipinski definition) is 1. The van der Waals surface area contributed by atoms with E-state index in [0.29, 0.717) is 24.2 Å². The summed E-state index contributed by atoms with van der Waals surface area (Å²) >= 11 is 0. The van der Waals surface area contributed by atoms with E-state index in [2.05, 4.69) is 0 Å². The summed E-state index contributed by atoms with van der Waals surface area (Å²) in [5.74, 6) is -1.37. The van der Waals surface area contributed by atoms with E-state index in [0.717, 1.165) is 44.5 Å². The minimum absolute atomic E-state index is 0.0751. The van der Waals surface area contributed by atoms with E-state index in [-0.39, 0.29) is 18.1 Å². The molecule has 4 rings (SSSR count). The number of rotatable bonds is 4. The van der Waals surface area contributed by atoms with Crippen molar-refractivity contribution in [2.75, 3.05) is 0 Å². The van der Waals surface area contributed by atoms with Gasteiger partial charge in [-0.05, 0) is 90.4 Å². The molecule has 0 saturated heterocycles. The van der Waals surface area contributed by atoms with Gasteiger partial charge in [-0.15, -0.1) is 0 Å². The number of carbonyl (C=O) groups is 2. The van der Waals surface area contributed by atoms with Gasteiger partial charge in [0.05, 0.1) is 6.42 Å². The zero-order valence-corrected chi connectivity index (χ0v) is 18.8. The fourth-order valence-electron chi connectivity index (χ4n) is 4.65. The summed E-state index contributed by atoms with van der Waals surface area (Å²) < 4.78 is 13.7. The number of halogens is 1. The van der Waals surface area contributed by atoms with Crippen molar-refractivity contribution in [3.63, 3.8) is 0 Å². The molecule has 3 aromatic rings. The van der Waals surface area contributed by atoms with Gasteiger partial charge in [-0.1, -0.05) is 29.8 Å². The molecular formula is C27H26FNO3. The molecule has 0 saturated carbocycles. The van der Waals surface area contributed by atoms with Crippen molar-refractivity contribution >= 4 is 11.9 Å². The monoisotopic (exact) mass is 431 g/mol. The van der Waals surface area contributed by atoms with Gasteiger partial charge in [-0.2, -0.15) is 0 Å². The Morgan fingerprint density at radius 2 is 1.56 bits per heavy atom. The normalized spacial score (nSPS) is 12.7. The molecule has 0 atom stereocenters. The topological polar surface area (TPSA) is 57.6 Å². The van der Waals surface area contributed by atoms with Gasteiger partial charge in [0.2, 0.25) is 0 Å². The van der Waals surface area contributed by atoms with Crippen LogP contribution in [0.15, 0.2) is 42.5 Å². The molecule has 5 heteroatoms. The minimum Gasteiger partial charge on any atom is -0.481 e. The average Bonchev–Trinajstić information content (AvgIpc) is 3.20. The molecule has 1 N–H and O–H groups in total. The van der Waals surface area contributed by atoms with E-state index in [1.807, 2.05) is 45.0 Å². The zero-order chi connectivity index (χ0) is 23.2. The quantitative estimate of drug-likeness (QED) is 0.593. The number of nitrogens with zero attached hydrogens (tertiary/aromatic N) is 1. The summed E-state index contributed by atoms with van der Waals surface area (Å²) in [5.41, 5.74) is 8.76. The van der Waals surface area contributed by atoms with Crippen LogP contribution in [0.1, 0.15) is 49.3 Å². The third kappa shape index (κ3) is 3.79. The first kappa shape index (κ1) is 21.8. The fraction of sp³-hybridized carbons (Fsp3) is 0.259. The van der Waals surface area contributed by atoms with Gasteiger partial charge in [-0.3, -0.25) is 9.59 Å². The van der Waals surface area contributed by atoms with Crippen molar-refractivity contribution in [1.29, 1.82) is 0 Å².